The fourth-order valence-corrected chi connectivity index (χ4v) is 1.53. The number of amidine groups is 1. The Balaban J connectivity index is 2.60. The number of hydrogen-bond donors (Lipinski definition) is 2. The Kier molecular flexibility index (Phi) is 2.62. The van der Waals surface area contributed by atoms with E-state index in [1.807, 2.05) is 0 Å². The summed E-state index contributed by atoms with van der Waals surface area (Å²) in [5, 5.41) is 9.23. The maximum absolute atomic E-state index is 10.9. The van der Waals surface area contributed by atoms with Gasteiger partial charge in [-0.25, -0.2) is 14.8 Å². The number of carboxylic acids is 1. The number of nitrogens with zero attached hydrogens (tertiary/aromatic N) is 2. The molecule has 0 radical (unpaired) electrons. The van der Waals surface area contributed by atoms with Gasteiger partial charge in [0.15, 0.2) is 5.82 Å². The largest absolute Gasteiger partial charge is 0.478 e. The minimum absolute atomic E-state index is 0.101. The molecule has 5 nitrogen and oxygen atoms in total. The maximum Gasteiger partial charge on any atom is 0.332 e. The van der Waals surface area contributed by atoms with Gasteiger partial charge in [-0.3, -0.25) is 0 Å². The van der Waals surface area contributed by atoms with Crippen molar-refractivity contribution in [1.29, 1.82) is 0 Å². The van der Waals surface area contributed by atoms with Crippen molar-refractivity contribution >= 4 is 35.3 Å². The monoisotopic (exact) mass is 237 g/mol. The average molecular weight is 238 g/mol. The Labute approximate surface area is 96.3 Å². The molecule has 6 heteroatoms. The van der Waals surface area contributed by atoms with Crippen LogP contribution in [0.3, 0.4) is 0 Å². The van der Waals surface area contributed by atoms with E-state index in [4.69, 9.17) is 22.4 Å². The second kappa shape index (κ2) is 3.94. The molecule has 2 heterocycles. The third-order valence-electron chi connectivity index (χ3n) is 2.10. The summed E-state index contributed by atoms with van der Waals surface area (Å²) in [6, 6.07) is 3.24. The van der Waals surface area contributed by atoms with Crippen LogP contribution in [-0.2, 0) is 4.79 Å². The number of rotatable bonds is 1. The van der Waals surface area contributed by atoms with Crippen molar-refractivity contribution in [2.45, 2.75) is 6.42 Å². The minimum Gasteiger partial charge on any atom is -0.478 e. The lowest BCUT2D eigenvalue weighted by Crippen LogP contribution is -2.14. The molecule has 0 unspecified atom stereocenters. The van der Waals surface area contributed by atoms with Crippen LogP contribution in [0.2, 0.25) is 5.15 Å². The Morgan fingerprint density at radius 3 is 2.94 bits per heavy atom. The summed E-state index contributed by atoms with van der Waals surface area (Å²) < 4.78 is 0. The normalized spacial score (nSPS) is 14.6. The average Bonchev–Trinajstić information content (AvgIpc) is 2.35. The summed E-state index contributed by atoms with van der Waals surface area (Å²) in [4.78, 5) is 18.9. The maximum atomic E-state index is 10.9. The first-order chi connectivity index (χ1) is 7.56. The molecule has 0 saturated carbocycles. The smallest absolute Gasteiger partial charge is 0.332 e. The second-order valence-electron chi connectivity index (χ2n) is 3.30. The molecule has 0 fully saturated rings. The van der Waals surface area contributed by atoms with Crippen molar-refractivity contribution in [3.63, 3.8) is 0 Å². The zero-order valence-electron chi connectivity index (χ0n) is 8.14. The SMILES string of the molecule is NC1=Nc2nc(Cl)ccc2C=C(C(=O)O)C1. The van der Waals surface area contributed by atoms with E-state index in [1.54, 1.807) is 12.1 Å². The number of aliphatic carboxylic acids is 1. The molecule has 0 atom stereocenters. The van der Waals surface area contributed by atoms with E-state index in [2.05, 4.69) is 9.98 Å². The Bertz CT molecular complexity index is 523. The van der Waals surface area contributed by atoms with Crippen molar-refractivity contribution < 1.29 is 9.90 Å². The third-order valence-corrected chi connectivity index (χ3v) is 2.31. The molecule has 1 aliphatic heterocycles. The van der Waals surface area contributed by atoms with Crippen LogP contribution in [0.5, 0.6) is 0 Å². The van der Waals surface area contributed by atoms with Crippen LogP contribution in [0.15, 0.2) is 22.7 Å². The highest BCUT2D eigenvalue weighted by Gasteiger charge is 2.15. The standard InChI is InChI=1S/C10H8ClN3O2/c11-7-2-1-5-3-6(10(15)16)4-8(12)14-9(5)13-7/h1-3H,4H2,(H,15,16)(H2,12,13,14). The number of carboxylic acid groups (broad SMARTS) is 1. The van der Waals surface area contributed by atoms with E-state index in [0.717, 1.165) is 0 Å². The first-order valence-corrected chi connectivity index (χ1v) is 4.87. The number of aromatic nitrogens is 1. The number of fused-ring (bicyclic) bond motifs is 1. The van der Waals surface area contributed by atoms with E-state index in [9.17, 15) is 4.79 Å². The van der Waals surface area contributed by atoms with E-state index in [1.165, 1.54) is 6.08 Å². The summed E-state index contributed by atoms with van der Waals surface area (Å²) >= 11 is 5.72. The summed E-state index contributed by atoms with van der Waals surface area (Å²) in [6.07, 6.45) is 1.60. The number of halogens is 1. The number of carbonyl (C=O) groups is 1. The van der Waals surface area contributed by atoms with Crippen LogP contribution < -0.4 is 5.73 Å². The lowest BCUT2D eigenvalue weighted by atomic mass is 10.1. The Morgan fingerprint density at radius 2 is 2.25 bits per heavy atom. The van der Waals surface area contributed by atoms with E-state index in [0.29, 0.717) is 16.5 Å². The molecule has 1 aromatic heterocycles. The van der Waals surface area contributed by atoms with Gasteiger partial charge in [-0.1, -0.05) is 11.6 Å². The first kappa shape index (κ1) is 10.6. The van der Waals surface area contributed by atoms with Crippen molar-refractivity contribution in [2.75, 3.05) is 0 Å². The fraction of sp³-hybridized carbons (Fsp3) is 0.100. The lowest BCUT2D eigenvalue weighted by molar-refractivity contribution is -0.132. The van der Waals surface area contributed by atoms with Gasteiger partial charge >= 0.3 is 5.97 Å². The molecular formula is C10H8ClN3O2. The molecule has 0 bridgehead atoms. The lowest BCUT2D eigenvalue weighted by Gasteiger charge is -1.98. The number of pyridine rings is 1. The predicted molar refractivity (Wildman–Crippen MR) is 60.8 cm³/mol. The zero-order valence-corrected chi connectivity index (χ0v) is 8.90. The van der Waals surface area contributed by atoms with Gasteiger partial charge < -0.3 is 10.8 Å². The molecule has 82 valence electrons. The van der Waals surface area contributed by atoms with Crippen molar-refractivity contribution in [3.05, 3.63) is 28.4 Å². The van der Waals surface area contributed by atoms with Gasteiger partial charge in [0, 0.05) is 17.6 Å². The van der Waals surface area contributed by atoms with Gasteiger partial charge in [0.1, 0.15) is 11.0 Å². The van der Waals surface area contributed by atoms with E-state index < -0.39 is 5.97 Å². The summed E-state index contributed by atoms with van der Waals surface area (Å²) in [5.41, 5.74) is 6.37. The summed E-state index contributed by atoms with van der Waals surface area (Å²) in [6.45, 7) is 0. The fourth-order valence-electron chi connectivity index (χ4n) is 1.39. The number of nitrogens with two attached hydrogens (primary N) is 1. The number of aliphatic imine (C=N–C) groups is 1. The van der Waals surface area contributed by atoms with Crippen molar-refractivity contribution in [2.24, 2.45) is 10.7 Å². The molecule has 2 rings (SSSR count). The van der Waals surface area contributed by atoms with Gasteiger partial charge in [-0.2, -0.15) is 0 Å². The molecule has 0 aromatic carbocycles. The molecule has 1 aromatic rings. The van der Waals surface area contributed by atoms with Gasteiger partial charge in [0.05, 0.1) is 0 Å². The van der Waals surface area contributed by atoms with Gasteiger partial charge in [-0.15, -0.1) is 0 Å². The van der Waals surface area contributed by atoms with Crippen LogP contribution in [0.1, 0.15) is 12.0 Å². The highest BCUT2D eigenvalue weighted by atomic mass is 35.5. The molecular weight excluding hydrogens is 230 g/mol. The first-order valence-electron chi connectivity index (χ1n) is 4.49. The third kappa shape index (κ3) is 2.04. The minimum atomic E-state index is -1.01. The van der Waals surface area contributed by atoms with Crippen LogP contribution in [0.4, 0.5) is 5.82 Å². The predicted octanol–water partition coefficient (Wildman–Crippen LogP) is 1.60. The Hall–Kier alpha value is -1.88. The summed E-state index contributed by atoms with van der Waals surface area (Å²) in [5.74, 6) is -0.454. The number of hydrogen-bond acceptors (Lipinski definition) is 4. The molecule has 0 aliphatic carbocycles. The van der Waals surface area contributed by atoms with Crippen molar-refractivity contribution in [1.82, 2.24) is 4.98 Å². The van der Waals surface area contributed by atoms with Gasteiger partial charge in [-0.05, 0) is 18.2 Å². The second-order valence-corrected chi connectivity index (χ2v) is 3.69. The highest BCUT2D eigenvalue weighted by Crippen LogP contribution is 2.25. The van der Waals surface area contributed by atoms with Gasteiger partial charge in [0.2, 0.25) is 0 Å². The summed E-state index contributed by atoms with van der Waals surface area (Å²) in [7, 11) is 0. The van der Waals surface area contributed by atoms with Gasteiger partial charge in [0.25, 0.3) is 0 Å². The van der Waals surface area contributed by atoms with E-state index in [-0.39, 0.29) is 17.8 Å². The van der Waals surface area contributed by atoms with E-state index >= 15 is 0 Å². The quantitative estimate of drug-likeness (QED) is 0.726. The molecule has 0 spiro atoms. The zero-order chi connectivity index (χ0) is 11.7. The van der Waals surface area contributed by atoms with Crippen LogP contribution >= 0.6 is 11.6 Å². The Morgan fingerprint density at radius 1 is 1.50 bits per heavy atom. The van der Waals surface area contributed by atoms with Crippen LogP contribution in [-0.4, -0.2) is 21.9 Å². The molecule has 1 aliphatic rings. The molecule has 0 saturated heterocycles. The topological polar surface area (TPSA) is 88.6 Å². The molecule has 16 heavy (non-hydrogen) atoms. The van der Waals surface area contributed by atoms with Crippen LogP contribution in [0.25, 0.3) is 6.08 Å². The molecule has 0 amide bonds. The van der Waals surface area contributed by atoms with Crippen molar-refractivity contribution in [3.8, 4) is 0 Å². The highest BCUT2D eigenvalue weighted by molar-refractivity contribution is 6.29. The molecule has 3 N–H and O–H groups in total. The van der Waals surface area contributed by atoms with Crippen LogP contribution in [0, 0.1) is 0 Å².